The summed E-state index contributed by atoms with van der Waals surface area (Å²) in [6, 6.07) is 9.54. The molecule has 3 aromatic rings. The van der Waals surface area contributed by atoms with Crippen LogP contribution in [0.2, 0.25) is 0 Å². The summed E-state index contributed by atoms with van der Waals surface area (Å²) in [6.45, 7) is 4.40. The number of amides is 1. The summed E-state index contributed by atoms with van der Waals surface area (Å²) < 4.78 is 42.1. The Balaban J connectivity index is 1.22. The Hall–Kier alpha value is -4.48. The Morgan fingerprint density at radius 1 is 1.02 bits per heavy atom. The van der Waals surface area contributed by atoms with E-state index in [1.54, 1.807) is 11.1 Å². The number of carbonyl (C=O) groups is 2. The molecule has 1 aromatic heterocycles. The number of rotatable bonds is 10. The van der Waals surface area contributed by atoms with E-state index in [-0.39, 0.29) is 35.5 Å². The number of piperidine rings is 2. The summed E-state index contributed by atoms with van der Waals surface area (Å²) in [4.78, 5) is 36.3. The first-order chi connectivity index (χ1) is 20.8. The van der Waals surface area contributed by atoms with Gasteiger partial charge in [0, 0.05) is 31.6 Å². The molecule has 12 heteroatoms. The number of aliphatic carboxylic acids is 1. The smallest absolute Gasteiger partial charge is 0.303 e. The lowest BCUT2D eigenvalue weighted by Crippen LogP contribution is -2.41. The molecular formula is C31H35F2N5O5. The third-order valence-corrected chi connectivity index (χ3v) is 7.68. The molecule has 1 atom stereocenters. The number of carboxylic acids is 1. The van der Waals surface area contributed by atoms with Crippen LogP contribution < -0.4 is 24.6 Å². The molecule has 2 aliphatic rings. The van der Waals surface area contributed by atoms with E-state index in [2.05, 4.69) is 15.3 Å². The fourth-order valence-electron chi connectivity index (χ4n) is 5.61. The predicted molar refractivity (Wildman–Crippen MR) is 157 cm³/mol. The van der Waals surface area contributed by atoms with E-state index in [0.29, 0.717) is 56.4 Å². The van der Waals surface area contributed by atoms with Gasteiger partial charge < -0.3 is 29.7 Å². The number of carbonyl (C=O) groups excluding carboxylic acids is 1. The molecule has 2 aromatic carbocycles. The molecule has 1 amide bonds. The zero-order chi connectivity index (χ0) is 30.3. The summed E-state index contributed by atoms with van der Waals surface area (Å²) >= 11 is 0. The van der Waals surface area contributed by atoms with Gasteiger partial charge in [0.1, 0.15) is 29.2 Å². The number of carboxylic acid groups (broad SMARTS) is 1. The van der Waals surface area contributed by atoms with Crippen molar-refractivity contribution < 1.29 is 33.0 Å². The number of hydrogen-bond acceptors (Lipinski definition) is 8. The summed E-state index contributed by atoms with van der Waals surface area (Å²) in [5.41, 5.74) is -0.399. The van der Waals surface area contributed by atoms with Crippen LogP contribution in [0, 0.1) is 17.6 Å². The van der Waals surface area contributed by atoms with Gasteiger partial charge >= 0.3 is 5.97 Å². The summed E-state index contributed by atoms with van der Waals surface area (Å²) in [6.07, 6.45) is 5.66. The second-order valence-electron chi connectivity index (χ2n) is 10.7. The topological polar surface area (TPSA) is 117 Å². The lowest BCUT2D eigenvalue weighted by molar-refractivity contribution is -0.138. The minimum absolute atomic E-state index is 0.0257. The van der Waals surface area contributed by atoms with Crippen molar-refractivity contribution in [3.05, 3.63) is 66.0 Å². The SMILES string of the molecule is CCOc1ccccc1OC1CCCN(c2cncc(NC(=O)c3cc(F)c(N4CCC(CC(=O)O)CC4)c(F)c3)n2)C1. The van der Waals surface area contributed by atoms with Crippen LogP contribution in [-0.2, 0) is 4.79 Å². The van der Waals surface area contributed by atoms with Crippen LogP contribution >= 0.6 is 0 Å². The van der Waals surface area contributed by atoms with E-state index in [9.17, 15) is 9.59 Å². The molecule has 3 heterocycles. The molecule has 2 fully saturated rings. The molecule has 5 rings (SSSR count). The van der Waals surface area contributed by atoms with E-state index in [4.69, 9.17) is 14.6 Å². The molecule has 10 nitrogen and oxygen atoms in total. The normalized spacial score (nSPS) is 17.4. The molecule has 0 bridgehead atoms. The minimum atomic E-state index is -0.880. The number of nitrogens with one attached hydrogen (secondary N) is 1. The largest absolute Gasteiger partial charge is 0.490 e. The molecule has 2 N–H and O–H groups in total. The van der Waals surface area contributed by atoms with Crippen LogP contribution in [-0.4, -0.2) is 65.8 Å². The number of aromatic nitrogens is 2. The van der Waals surface area contributed by atoms with Gasteiger partial charge in [0.05, 0.1) is 25.5 Å². The molecule has 2 aliphatic heterocycles. The first-order valence-corrected chi connectivity index (χ1v) is 14.5. The zero-order valence-electron chi connectivity index (χ0n) is 24.0. The van der Waals surface area contributed by atoms with E-state index < -0.39 is 23.5 Å². The highest BCUT2D eigenvalue weighted by atomic mass is 19.1. The molecule has 0 saturated carbocycles. The average Bonchev–Trinajstić information content (AvgIpc) is 2.99. The van der Waals surface area contributed by atoms with Crippen molar-refractivity contribution in [3.8, 4) is 11.5 Å². The number of hydrogen-bond donors (Lipinski definition) is 2. The second-order valence-corrected chi connectivity index (χ2v) is 10.7. The molecular weight excluding hydrogens is 560 g/mol. The van der Waals surface area contributed by atoms with E-state index in [1.165, 1.54) is 6.20 Å². The first-order valence-electron chi connectivity index (χ1n) is 14.5. The monoisotopic (exact) mass is 595 g/mol. The fourth-order valence-corrected chi connectivity index (χ4v) is 5.61. The molecule has 0 radical (unpaired) electrons. The first kappa shape index (κ1) is 30.0. The summed E-state index contributed by atoms with van der Waals surface area (Å²) in [5.74, 6) is -1.27. The van der Waals surface area contributed by atoms with E-state index >= 15 is 8.78 Å². The summed E-state index contributed by atoms with van der Waals surface area (Å²) in [5, 5.41) is 11.6. The van der Waals surface area contributed by atoms with Crippen molar-refractivity contribution in [2.24, 2.45) is 5.92 Å². The highest BCUT2D eigenvalue weighted by Crippen LogP contribution is 2.32. The van der Waals surface area contributed by atoms with Crippen LogP contribution in [0.1, 0.15) is 49.4 Å². The quantitative estimate of drug-likeness (QED) is 0.328. The fraction of sp³-hybridized carbons (Fsp3) is 0.419. The third-order valence-electron chi connectivity index (χ3n) is 7.68. The Labute approximate surface area is 248 Å². The van der Waals surface area contributed by atoms with Crippen LogP contribution in [0.3, 0.4) is 0 Å². The lowest BCUT2D eigenvalue weighted by atomic mass is 9.93. The van der Waals surface area contributed by atoms with Crippen LogP contribution in [0.25, 0.3) is 0 Å². The van der Waals surface area contributed by atoms with Gasteiger partial charge in [-0.25, -0.2) is 13.8 Å². The van der Waals surface area contributed by atoms with Crippen molar-refractivity contribution in [1.29, 1.82) is 0 Å². The maximum Gasteiger partial charge on any atom is 0.303 e. The lowest BCUT2D eigenvalue weighted by Gasteiger charge is -2.33. The van der Waals surface area contributed by atoms with Gasteiger partial charge in [0.25, 0.3) is 5.91 Å². The minimum Gasteiger partial charge on any atom is -0.490 e. The average molecular weight is 596 g/mol. The van der Waals surface area contributed by atoms with Crippen LogP contribution in [0.5, 0.6) is 11.5 Å². The Morgan fingerprint density at radius 3 is 2.44 bits per heavy atom. The molecule has 0 spiro atoms. The number of halogens is 2. The molecule has 1 unspecified atom stereocenters. The standard InChI is InChI=1S/C31H35F2N5O5/c1-2-42-25-7-3-4-8-26(25)43-22-6-5-11-38(19-22)28-18-34-17-27(35-28)36-31(41)21-15-23(32)30(24(33)16-21)37-12-9-20(10-13-37)14-29(39)40/h3-4,7-8,15-18,20,22H,2,5-6,9-14,19H2,1H3,(H,39,40)(H,35,36,41). The molecule has 228 valence electrons. The highest BCUT2D eigenvalue weighted by molar-refractivity contribution is 6.04. The Bertz CT molecular complexity index is 1430. The van der Waals surface area contributed by atoms with Crippen LogP contribution in [0.15, 0.2) is 48.8 Å². The van der Waals surface area contributed by atoms with Crippen molar-refractivity contribution in [3.63, 3.8) is 0 Å². The van der Waals surface area contributed by atoms with Crippen molar-refractivity contribution >= 4 is 29.2 Å². The number of para-hydroxylation sites is 2. The molecule has 43 heavy (non-hydrogen) atoms. The maximum absolute atomic E-state index is 15.1. The van der Waals surface area contributed by atoms with Crippen molar-refractivity contribution in [2.75, 3.05) is 47.9 Å². The van der Waals surface area contributed by atoms with Gasteiger partial charge in [-0.1, -0.05) is 12.1 Å². The van der Waals surface area contributed by atoms with E-state index in [0.717, 1.165) is 31.5 Å². The van der Waals surface area contributed by atoms with Crippen molar-refractivity contribution in [1.82, 2.24) is 9.97 Å². The zero-order valence-corrected chi connectivity index (χ0v) is 24.0. The van der Waals surface area contributed by atoms with Crippen molar-refractivity contribution in [2.45, 2.75) is 45.1 Å². The van der Waals surface area contributed by atoms with Gasteiger partial charge in [0.2, 0.25) is 0 Å². The molecule has 2 saturated heterocycles. The summed E-state index contributed by atoms with van der Waals surface area (Å²) in [7, 11) is 0. The van der Waals surface area contributed by atoms with Gasteiger partial charge in [-0.15, -0.1) is 0 Å². The van der Waals surface area contributed by atoms with Gasteiger partial charge in [-0.3, -0.25) is 14.6 Å². The van der Waals surface area contributed by atoms with Gasteiger partial charge in [-0.05, 0) is 62.8 Å². The van der Waals surface area contributed by atoms with E-state index in [1.807, 2.05) is 36.1 Å². The highest BCUT2D eigenvalue weighted by Gasteiger charge is 2.27. The predicted octanol–water partition coefficient (Wildman–Crippen LogP) is 5.14. The third kappa shape index (κ3) is 7.49. The Kier molecular flexibility index (Phi) is 9.53. The second kappa shape index (κ2) is 13.7. The maximum atomic E-state index is 15.1. The van der Waals surface area contributed by atoms with Crippen LogP contribution in [0.4, 0.5) is 26.1 Å². The number of anilines is 3. The van der Waals surface area contributed by atoms with Gasteiger partial charge in [-0.2, -0.15) is 0 Å². The Morgan fingerprint density at radius 2 is 1.74 bits per heavy atom. The van der Waals surface area contributed by atoms with Gasteiger partial charge in [0.15, 0.2) is 17.3 Å². The molecule has 0 aliphatic carbocycles. The number of nitrogens with zero attached hydrogens (tertiary/aromatic N) is 4. The number of ether oxygens (including phenoxy) is 2. The number of benzene rings is 2.